The van der Waals surface area contributed by atoms with Gasteiger partial charge in [-0.1, -0.05) is 61.7 Å². The molecule has 0 atom stereocenters. The molecule has 2 aliphatic carbocycles. The highest BCUT2D eigenvalue weighted by molar-refractivity contribution is 6.04. The summed E-state index contributed by atoms with van der Waals surface area (Å²) in [6.45, 7) is 23.4. The van der Waals surface area contributed by atoms with Crippen LogP contribution in [0.3, 0.4) is 0 Å². The van der Waals surface area contributed by atoms with Crippen molar-refractivity contribution in [2.24, 2.45) is 0 Å². The van der Waals surface area contributed by atoms with Crippen LogP contribution in [-0.4, -0.2) is 117 Å². The number of anilines is 2. The molecule has 2 N–H and O–H groups in total. The number of fused-ring (bicyclic) bond motifs is 4. The number of likely N-dealkylation sites (N-methyl/N-ethyl adjacent to an activating group) is 2. The van der Waals surface area contributed by atoms with Crippen molar-refractivity contribution >= 4 is 57.4 Å². The van der Waals surface area contributed by atoms with Crippen LogP contribution in [0.4, 0.5) is 21.0 Å². The molecule has 4 aliphatic rings. The van der Waals surface area contributed by atoms with E-state index in [1.54, 1.807) is 13.8 Å². The first kappa shape index (κ1) is 62.9. The number of hydrogen-bond acceptors (Lipinski definition) is 12. The second kappa shape index (κ2) is 30.1. The lowest BCUT2D eigenvalue weighted by Crippen LogP contribution is -2.32. The van der Waals surface area contributed by atoms with Crippen LogP contribution in [0.15, 0.2) is 154 Å². The standard InChI is InChI=1S/C70H80N6O10/c1-11-75(37-41-83-69(79)71-33-39-81-67(77)47(3)4)53-27-31-59-63(45-53)85-61-43-51(25-29-57(61)65(59)55-23-17-15-21-49(55)7)73(9)35-19-13-14-20-36-74(10)52-26-30-58-62(44-52)86-64-46-54(28-32-60(64)66(58)56-24-18-16-22-50(56)8)76(12-2)38-42-84-70(80)72-34-40-82-68(78)48(5)6/h15-18,21-32,43-46H,3,5,11-14,19-20,33-42H2,1-2,4,6-10H3/p+2. The van der Waals surface area contributed by atoms with E-state index in [-0.39, 0.29) is 39.5 Å². The van der Waals surface area contributed by atoms with Crippen LogP contribution in [0.25, 0.3) is 66.8 Å². The molecule has 4 aromatic carbocycles. The first-order chi connectivity index (χ1) is 41.5. The number of amides is 2. The third kappa shape index (κ3) is 16.0. The van der Waals surface area contributed by atoms with E-state index in [4.69, 9.17) is 27.8 Å². The maximum absolute atomic E-state index is 12.4. The number of hydrogen-bond donors (Lipinski definition) is 2. The smallest absolute Gasteiger partial charge is 0.407 e. The molecule has 2 amide bonds. The van der Waals surface area contributed by atoms with Crippen molar-refractivity contribution in [1.82, 2.24) is 19.8 Å². The van der Waals surface area contributed by atoms with Gasteiger partial charge in [-0.05, 0) is 113 Å². The first-order valence-electron chi connectivity index (χ1n) is 29.7. The molecule has 16 heteroatoms. The lowest BCUT2D eigenvalue weighted by molar-refractivity contribution is -0.139. The van der Waals surface area contributed by atoms with Crippen LogP contribution < -0.4 is 40.3 Å². The Kier molecular flexibility index (Phi) is 22.0. The number of rotatable bonds is 27. The number of unbranched alkanes of at least 4 members (excludes halogenated alkanes) is 3. The number of ether oxygens (including phenoxy) is 4. The highest BCUT2D eigenvalue weighted by atomic mass is 16.6. The highest BCUT2D eigenvalue weighted by Gasteiger charge is 2.23. The quantitative estimate of drug-likeness (QED) is 0.0125. The summed E-state index contributed by atoms with van der Waals surface area (Å²) in [4.78, 5) is 52.4. The van der Waals surface area contributed by atoms with E-state index in [1.165, 1.54) is 11.1 Å². The Morgan fingerprint density at radius 3 is 1.29 bits per heavy atom. The zero-order valence-electron chi connectivity index (χ0n) is 51.1. The summed E-state index contributed by atoms with van der Waals surface area (Å²) >= 11 is 0. The third-order valence-electron chi connectivity index (χ3n) is 15.4. The number of carbonyl (C=O) groups is 4. The molecule has 0 aromatic heterocycles. The van der Waals surface area contributed by atoms with Crippen LogP contribution in [-0.2, 0) is 28.5 Å². The molecule has 8 rings (SSSR count). The molecule has 0 spiro atoms. The average Bonchev–Trinajstić information content (AvgIpc) is 1.08. The van der Waals surface area contributed by atoms with Crippen LogP contribution in [0, 0.1) is 13.8 Å². The van der Waals surface area contributed by atoms with E-state index in [2.05, 4.69) is 206 Å². The number of aryl methyl sites for hydroxylation is 2. The molecule has 0 saturated carbocycles. The van der Waals surface area contributed by atoms with Gasteiger partial charge in [-0.2, -0.15) is 0 Å². The summed E-state index contributed by atoms with van der Waals surface area (Å²) in [5.41, 5.74) is 13.0. The predicted octanol–water partition coefficient (Wildman–Crippen LogP) is 11.7. The fourth-order valence-electron chi connectivity index (χ4n) is 10.6. The Morgan fingerprint density at radius 1 is 0.500 bits per heavy atom. The van der Waals surface area contributed by atoms with Gasteiger partial charge in [-0.3, -0.25) is 0 Å². The number of nitrogens with one attached hydrogen (secondary N) is 2. The molecule has 0 radical (unpaired) electrons. The maximum atomic E-state index is 12.4. The molecule has 0 saturated heterocycles. The third-order valence-corrected chi connectivity index (χ3v) is 15.4. The molecule has 2 heterocycles. The van der Waals surface area contributed by atoms with Crippen LogP contribution >= 0.6 is 0 Å². The zero-order chi connectivity index (χ0) is 61.3. The van der Waals surface area contributed by atoms with Gasteiger partial charge >= 0.3 is 24.1 Å². The molecule has 0 fully saturated rings. The summed E-state index contributed by atoms with van der Waals surface area (Å²) in [5, 5.41) is 9.42. The Morgan fingerprint density at radius 2 is 0.907 bits per heavy atom. The highest BCUT2D eigenvalue weighted by Crippen LogP contribution is 2.43. The Bertz CT molecular complexity index is 3590. The summed E-state index contributed by atoms with van der Waals surface area (Å²) < 4.78 is 39.3. The van der Waals surface area contributed by atoms with E-state index in [0.717, 1.165) is 128 Å². The summed E-state index contributed by atoms with van der Waals surface area (Å²) in [6, 6.07) is 42.6. The van der Waals surface area contributed by atoms with Crippen LogP contribution in [0.2, 0.25) is 0 Å². The van der Waals surface area contributed by atoms with Crippen molar-refractivity contribution in [2.75, 3.05) is 103 Å². The average molecular weight is 1170 g/mol. The SMILES string of the molecule is C=C(C)C(=O)OCCNC(=O)OCCN(CC)c1ccc2c(-c3ccccc3C)c3ccc(=[N+](C)CCCCCC[N+](C)=c4ccc5c(-c6ccccc6C)c6ccc(N(CC)CCOC(=O)NCCOC(=O)C(=C)C)cc6oc-5c4)cc-3oc2c1. The molecular formula is C70H82N6O10+2. The number of alkyl carbamates (subject to hydrolysis) is 2. The summed E-state index contributed by atoms with van der Waals surface area (Å²) in [7, 11) is 4.29. The molecule has 4 aromatic rings. The zero-order valence-corrected chi connectivity index (χ0v) is 51.1. The van der Waals surface area contributed by atoms with Gasteiger partial charge in [-0.25, -0.2) is 28.3 Å². The largest absolute Gasteiger partial charge is 0.460 e. The molecule has 0 bridgehead atoms. The Labute approximate surface area is 504 Å². The van der Waals surface area contributed by atoms with E-state index in [1.807, 2.05) is 0 Å². The fraction of sp³-hybridized carbons (Fsp3) is 0.343. The molecule has 450 valence electrons. The monoisotopic (exact) mass is 1170 g/mol. The molecule has 0 unspecified atom stereocenters. The van der Waals surface area contributed by atoms with E-state index >= 15 is 0 Å². The number of benzene rings is 6. The second-order valence-electron chi connectivity index (χ2n) is 21.7. The molecule has 16 nitrogen and oxygen atoms in total. The van der Waals surface area contributed by atoms with Gasteiger partial charge < -0.3 is 48.2 Å². The molecular weight excluding hydrogens is 1080 g/mol. The summed E-state index contributed by atoms with van der Waals surface area (Å²) in [5.74, 6) is 0.592. The second-order valence-corrected chi connectivity index (χ2v) is 21.7. The lowest BCUT2D eigenvalue weighted by atomic mass is 9.91. The molecule has 2 aliphatic heterocycles. The van der Waals surface area contributed by atoms with Crippen molar-refractivity contribution in [3.05, 3.63) is 167 Å². The van der Waals surface area contributed by atoms with Crippen LogP contribution in [0.5, 0.6) is 0 Å². The summed E-state index contributed by atoms with van der Waals surface area (Å²) in [6.07, 6.45) is 3.08. The lowest BCUT2D eigenvalue weighted by Gasteiger charge is -2.24. The first-order valence-corrected chi connectivity index (χ1v) is 29.7. The predicted molar refractivity (Wildman–Crippen MR) is 343 cm³/mol. The number of esters is 2. The maximum Gasteiger partial charge on any atom is 0.407 e. The van der Waals surface area contributed by atoms with Gasteiger partial charge in [0.2, 0.25) is 10.7 Å². The van der Waals surface area contributed by atoms with Gasteiger partial charge in [0.15, 0.2) is 0 Å². The Hall–Kier alpha value is -9.18. The van der Waals surface area contributed by atoms with Crippen molar-refractivity contribution in [1.29, 1.82) is 0 Å². The van der Waals surface area contributed by atoms with Gasteiger partial charge in [0, 0.05) is 106 Å². The Balaban J connectivity index is 0.931. The van der Waals surface area contributed by atoms with E-state index < -0.39 is 24.1 Å². The van der Waals surface area contributed by atoms with Crippen molar-refractivity contribution in [3.8, 4) is 44.9 Å². The molecule has 86 heavy (non-hydrogen) atoms. The van der Waals surface area contributed by atoms with Crippen molar-refractivity contribution in [3.63, 3.8) is 0 Å². The van der Waals surface area contributed by atoms with Gasteiger partial charge in [0.25, 0.3) is 0 Å². The normalized spacial score (nSPS) is 12.0. The van der Waals surface area contributed by atoms with E-state index in [0.29, 0.717) is 37.3 Å². The van der Waals surface area contributed by atoms with Crippen molar-refractivity contribution in [2.45, 2.75) is 67.2 Å². The van der Waals surface area contributed by atoms with Crippen LogP contribution in [0.1, 0.15) is 64.5 Å². The van der Waals surface area contributed by atoms with Crippen molar-refractivity contribution < 1.29 is 47.0 Å². The van der Waals surface area contributed by atoms with Gasteiger partial charge in [0.1, 0.15) is 76.3 Å². The minimum absolute atomic E-state index is 0.0281. The number of nitrogens with zero attached hydrogens (tertiary/aromatic N) is 4. The fourth-order valence-corrected chi connectivity index (χ4v) is 10.6. The number of carbonyl (C=O) groups excluding carboxylic acids is 4. The van der Waals surface area contributed by atoms with E-state index in [9.17, 15) is 19.2 Å². The minimum atomic E-state index is -0.581. The topological polar surface area (TPSA) is 168 Å². The van der Waals surface area contributed by atoms with Gasteiger partial charge in [0.05, 0.1) is 38.3 Å². The minimum Gasteiger partial charge on any atom is -0.460 e. The van der Waals surface area contributed by atoms with Gasteiger partial charge in [-0.15, -0.1) is 0 Å².